The van der Waals surface area contributed by atoms with Gasteiger partial charge in [0.2, 0.25) is 0 Å². The number of rotatable bonds is 4. The van der Waals surface area contributed by atoms with Crippen molar-refractivity contribution in [2.24, 2.45) is 5.73 Å². The lowest BCUT2D eigenvalue weighted by atomic mass is 10.1. The van der Waals surface area contributed by atoms with E-state index in [0.717, 1.165) is 15.6 Å². The Balaban J connectivity index is 2.32. The standard InChI is InChI=1S/C12H14BrN3O2/c1-7-4-3-5-8(10(7)13)12-15-11(16-18-12)9(14)6-17-2/h3-5,9H,6,14H2,1-2H3. The van der Waals surface area contributed by atoms with E-state index < -0.39 is 0 Å². The molecule has 1 unspecified atom stereocenters. The van der Waals surface area contributed by atoms with E-state index >= 15 is 0 Å². The molecule has 1 atom stereocenters. The largest absolute Gasteiger partial charge is 0.383 e. The third kappa shape index (κ3) is 2.60. The first-order chi connectivity index (χ1) is 8.63. The van der Waals surface area contributed by atoms with Crippen molar-refractivity contribution in [1.82, 2.24) is 10.1 Å². The SMILES string of the molecule is COCC(N)c1noc(-c2cccc(C)c2Br)n1. The maximum absolute atomic E-state index is 5.84. The van der Waals surface area contributed by atoms with Crippen molar-refractivity contribution in [3.8, 4) is 11.5 Å². The molecule has 0 aliphatic heterocycles. The van der Waals surface area contributed by atoms with Gasteiger partial charge in [0, 0.05) is 11.6 Å². The van der Waals surface area contributed by atoms with E-state index in [1.54, 1.807) is 7.11 Å². The molecule has 0 aliphatic rings. The minimum Gasteiger partial charge on any atom is -0.383 e. The summed E-state index contributed by atoms with van der Waals surface area (Å²) < 4.78 is 11.1. The van der Waals surface area contributed by atoms with Crippen LogP contribution in [0.2, 0.25) is 0 Å². The van der Waals surface area contributed by atoms with Crippen LogP contribution in [0.15, 0.2) is 27.2 Å². The molecule has 0 radical (unpaired) electrons. The Morgan fingerprint density at radius 2 is 2.28 bits per heavy atom. The van der Waals surface area contributed by atoms with Gasteiger partial charge in [0.25, 0.3) is 5.89 Å². The summed E-state index contributed by atoms with van der Waals surface area (Å²) in [6.45, 7) is 2.36. The fourth-order valence-corrected chi connectivity index (χ4v) is 2.00. The van der Waals surface area contributed by atoms with Gasteiger partial charge in [0.15, 0.2) is 5.82 Å². The molecule has 2 aromatic rings. The van der Waals surface area contributed by atoms with Crippen molar-refractivity contribution < 1.29 is 9.26 Å². The topological polar surface area (TPSA) is 74.2 Å². The predicted octanol–water partition coefficient (Wildman–Crippen LogP) is 2.45. The van der Waals surface area contributed by atoms with Crippen LogP contribution in [0.3, 0.4) is 0 Å². The third-order valence-corrected chi connectivity index (χ3v) is 3.59. The zero-order valence-corrected chi connectivity index (χ0v) is 11.8. The Morgan fingerprint density at radius 3 is 3.00 bits per heavy atom. The molecule has 0 amide bonds. The average Bonchev–Trinajstić information content (AvgIpc) is 2.82. The summed E-state index contributed by atoms with van der Waals surface area (Å²) in [6, 6.07) is 5.47. The van der Waals surface area contributed by atoms with Gasteiger partial charge < -0.3 is 15.0 Å². The van der Waals surface area contributed by atoms with Crippen LogP contribution in [0.5, 0.6) is 0 Å². The van der Waals surface area contributed by atoms with Crippen LogP contribution in [-0.4, -0.2) is 23.9 Å². The number of benzene rings is 1. The fourth-order valence-electron chi connectivity index (χ4n) is 1.56. The molecule has 5 nitrogen and oxygen atoms in total. The molecule has 1 aromatic carbocycles. The second kappa shape index (κ2) is 5.60. The summed E-state index contributed by atoms with van der Waals surface area (Å²) >= 11 is 3.51. The van der Waals surface area contributed by atoms with Gasteiger partial charge in [0.1, 0.15) is 0 Å². The van der Waals surface area contributed by atoms with E-state index in [1.165, 1.54) is 0 Å². The number of hydrogen-bond acceptors (Lipinski definition) is 5. The van der Waals surface area contributed by atoms with Gasteiger partial charge in [-0.2, -0.15) is 4.98 Å². The third-order valence-electron chi connectivity index (χ3n) is 2.54. The normalized spacial score (nSPS) is 12.7. The van der Waals surface area contributed by atoms with E-state index in [4.69, 9.17) is 15.0 Å². The summed E-state index contributed by atoms with van der Waals surface area (Å²) in [5.74, 6) is 0.896. The molecule has 0 aliphatic carbocycles. The Labute approximate surface area is 113 Å². The average molecular weight is 312 g/mol. The molecule has 0 fully saturated rings. The van der Waals surface area contributed by atoms with Crippen LogP contribution < -0.4 is 5.73 Å². The van der Waals surface area contributed by atoms with Crippen molar-refractivity contribution in [3.05, 3.63) is 34.1 Å². The van der Waals surface area contributed by atoms with Gasteiger partial charge in [-0.3, -0.25) is 0 Å². The highest BCUT2D eigenvalue weighted by atomic mass is 79.9. The Hall–Kier alpha value is -1.24. The lowest BCUT2D eigenvalue weighted by Gasteiger charge is -2.03. The molecule has 1 aromatic heterocycles. The van der Waals surface area contributed by atoms with Crippen molar-refractivity contribution in [3.63, 3.8) is 0 Å². The van der Waals surface area contributed by atoms with Crippen LogP contribution in [0.4, 0.5) is 0 Å². The maximum Gasteiger partial charge on any atom is 0.259 e. The number of ether oxygens (including phenoxy) is 1. The molecular weight excluding hydrogens is 298 g/mol. The first-order valence-corrected chi connectivity index (χ1v) is 6.26. The zero-order chi connectivity index (χ0) is 13.1. The molecule has 1 heterocycles. The number of aromatic nitrogens is 2. The molecule has 0 saturated heterocycles. The highest BCUT2D eigenvalue weighted by molar-refractivity contribution is 9.10. The second-order valence-electron chi connectivity index (χ2n) is 3.96. The van der Waals surface area contributed by atoms with Crippen molar-refractivity contribution in [1.29, 1.82) is 0 Å². The highest BCUT2D eigenvalue weighted by Gasteiger charge is 2.17. The van der Waals surface area contributed by atoms with Crippen LogP contribution in [0.1, 0.15) is 17.4 Å². The number of nitrogens with two attached hydrogens (primary N) is 1. The number of hydrogen-bond donors (Lipinski definition) is 1. The minimum absolute atomic E-state index is 0.355. The summed E-state index contributed by atoms with van der Waals surface area (Å²) in [5.41, 5.74) is 7.81. The van der Waals surface area contributed by atoms with Gasteiger partial charge in [-0.15, -0.1) is 0 Å². The van der Waals surface area contributed by atoms with Gasteiger partial charge in [-0.25, -0.2) is 0 Å². The number of halogens is 1. The number of nitrogens with zero attached hydrogens (tertiary/aromatic N) is 2. The first-order valence-electron chi connectivity index (χ1n) is 5.47. The van der Waals surface area contributed by atoms with Gasteiger partial charge >= 0.3 is 0 Å². The van der Waals surface area contributed by atoms with Crippen molar-refractivity contribution in [2.75, 3.05) is 13.7 Å². The molecule has 18 heavy (non-hydrogen) atoms. The molecule has 0 bridgehead atoms. The predicted molar refractivity (Wildman–Crippen MR) is 71.0 cm³/mol. The molecule has 2 N–H and O–H groups in total. The minimum atomic E-state index is -0.379. The summed E-state index contributed by atoms with van der Waals surface area (Å²) in [4.78, 5) is 4.29. The number of methoxy groups -OCH3 is 1. The second-order valence-corrected chi connectivity index (χ2v) is 4.75. The van der Waals surface area contributed by atoms with E-state index in [0.29, 0.717) is 18.3 Å². The maximum atomic E-state index is 5.84. The smallest absolute Gasteiger partial charge is 0.259 e. The molecular formula is C12H14BrN3O2. The monoisotopic (exact) mass is 311 g/mol. The summed E-state index contributed by atoms with van der Waals surface area (Å²) in [7, 11) is 1.58. The van der Waals surface area contributed by atoms with E-state index in [2.05, 4.69) is 26.1 Å². The van der Waals surface area contributed by atoms with Crippen molar-refractivity contribution >= 4 is 15.9 Å². The van der Waals surface area contributed by atoms with Crippen LogP contribution >= 0.6 is 15.9 Å². The number of aryl methyl sites for hydroxylation is 1. The molecule has 0 spiro atoms. The van der Waals surface area contributed by atoms with E-state index in [9.17, 15) is 0 Å². The molecule has 96 valence electrons. The Morgan fingerprint density at radius 1 is 1.50 bits per heavy atom. The first kappa shape index (κ1) is 13.2. The highest BCUT2D eigenvalue weighted by Crippen LogP contribution is 2.29. The van der Waals surface area contributed by atoms with Crippen molar-refractivity contribution in [2.45, 2.75) is 13.0 Å². The van der Waals surface area contributed by atoms with Crippen LogP contribution in [0, 0.1) is 6.92 Å². The lowest BCUT2D eigenvalue weighted by molar-refractivity contribution is 0.177. The quantitative estimate of drug-likeness (QED) is 0.938. The Kier molecular flexibility index (Phi) is 4.11. The molecule has 0 saturated carbocycles. The van der Waals surface area contributed by atoms with Gasteiger partial charge in [-0.1, -0.05) is 17.3 Å². The molecule has 2 rings (SSSR count). The van der Waals surface area contributed by atoms with Crippen LogP contribution in [-0.2, 0) is 4.74 Å². The van der Waals surface area contributed by atoms with E-state index in [-0.39, 0.29) is 6.04 Å². The van der Waals surface area contributed by atoms with E-state index in [1.807, 2.05) is 25.1 Å². The Bertz CT molecular complexity index is 542. The molecule has 6 heteroatoms. The summed E-state index contributed by atoms with van der Waals surface area (Å²) in [6.07, 6.45) is 0. The lowest BCUT2D eigenvalue weighted by Crippen LogP contribution is -2.17. The fraction of sp³-hybridized carbons (Fsp3) is 0.333. The summed E-state index contributed by atoms with van der Waals surface area (Å²) in [5, 5.41) is 3.87. The van der Waals surface area contributed by atoms with Gasteiger partial charge in [0.05, 0.1) is 18.2 Å². The zero-order valence-electron chi connectivity index (χ0n) is 10.2. The van der Waals surface area contributed by atoms with Crippen LogP contribution in [0.25, 0.3) is 11.5 Å². The van der Waals surface area contributed by atoms with Gasteiger partial charge in [-0.05, 0) is 34.5 Å².